The van der Waals surface area contributed by atoms with E-state index < -0.39 is 24.0 Å². The van der Waals surface area contributed by atoms with Crippen LogP contribution in [0.5, 0.6) is 0 Å². The van der Waals surface area contributed by atoms with E-state index in [-0.39, 0.29) is 5.41 Å². The van der Waals surface area contributed by atoms with Crippen LogP contribution < -0.4 is 21.6 Å². The molecular formula is C30H30ClF3N8. The first-order valence-corrected chi connectivity index (χ1v) is 13.8. The number of nitrogens with zero attached hydrogens (tertiary/aromatic N) is 4. The number of benzene rings is 1. The summed E-state index contributed by atoms with van der Waals surface area (Å²) in [5.41, 5.74) is 7.83. The van der Waals surface area contributed by atoms with Crippen molar-refractivity contribution in [3.8, 4) is 18.4 Å². The van der Waals surface area contributed by atoms with Gasteiger partial charge in [0.15, 0.2) is 0 Å². The highest BCUT2D eigenvalue weighted by Gasteiger charge is 2.56. The molecule has 0 unspecified atom stereocenters. The third-order valence-electron chi connectivity index (χ3n) is 7.63. The standard InChI is InChI=1S/C30H30ClF3N8/c1-5-8-29(3,4)16-37-25-18(13-35)14-36-26-21(25)11-19(12-22(26)31)39-27(20-6-7-24(32)38-17(20)2)23-15-42(41-40-23)30(9-10-30)28(33)34/h1,6-7,11-12,14-15,27-28,39-41H,8-10,16H2,2-4H3,(H,36,37)/t27-/m0/s1. The molecule has 3 heterocycles. The van der Waals surface area contributed by atoms with Gasteiger partial charge in [0, 0.05) is 47.7 Å². The van der Waals surface area contributed by atoms with E-state index in [0.717, 1.165) is 0 Å². The van der Waals surface area contributed by atoms with Gasteiger partial charge in [-0.05, 0) is 43.4 Å². The van der Waals surface area contributed by atoms with E-state index in [0.29, 0.717) is 75.6 Å². The fourth-order valence-electron chi connectivity index (χ4n) is 5.03. The average Bonchev–Trinajstić information content (AvgIpc) is 3.61. The van der Waals surface area contributed by atoms with Gasteiger partial charge in [-0.25, -0.2) is 13.8 Å². The van der Waals surface area contributed by atoms with Crippen LogP contribution in [0.15, 0.2) is 42.4 Å². The lowest BCUT2D eigenvalue weighted by Crippen LogP contribution is -2.48. The average molecular weight is 595 g/mol. The first-order chi connectivity index (χ1) is 20.0. The highest BCUT2D eigenvalue weighted by molar-refractivity contribution is 6.35. The molecule has 1 aromatic carbocycles. The second kappa shape index (κ2) is 11.2. The molecule has 0 radical (unpaired) electrons. The van der Waals surface area contributed by atoms with E-state index in [1.54, 1.807) is 25.3 Å². The SMILES string of the molecule is C#CCC(C)(C)CNc1c(C#N)cnc2c(Cl)cc(N[C@H](C3=CN(C4(C(F)F)CC4)NN3)c3ccc(F)nc3C)cc12. The Labute approximate surface area is 247 Å². The first-order valence-electron chi connectivity index (χ1n) is 13.4. The Balaban J connectivity index is 1.56. The van der Waals surface area contributed by atoms with Crippen LogP contribution in [0.3, 0.4) is 0 Å². The van der Waals surface area contributed by atoms with Gasteiger partial charge in [0.2, 0.25) is 5.95 Å². The molecule has 218 valence electrons. The zero-order valence-electron chi connectivity index (χ0n) is 23.3. The van der Waals surface area contributed by atoms with Crippen LogP contribution >= 0.6 is 11.6 Å². The van der Waals surface area contributed by atoms with Crippen LogP contribution in [0.1, 0.15) is 56.0 Å². The molecule has 2 aromatic heterocycles. The second-order valence-corrected chi connectivity index (χ2v) is 11.8. The number of aryl methyl sites for hydroxylation is 1. The normalized spacial score (nSPS) is 16.4. The Kier molecular flexibility index (Phi) is 7.84. The Morgan fingerprint density at radius 2 is 2.05 bits per heavy atom. The molecular weight excluding hydrogens is 565 g/mol. The third-order valence-corrected chi connectivity index (χ3v) is 7.92. The lowest BCUT2D eigenvalue weighted by Gasteiger charge is -2.25. The third kappa shape index (κ3) is 5.63. The number of anilines is 2. The zero-order chi connectivity index (χ0) is 30.2. The summed E-state index contributed by atoms with van der Waals surface area (Å²) < 4.78 is 41.6. The van der Waals surface area contributed by atoms with E-state index in [9.17, 15) is 18.4 Å². The van der Waals surface area contributed by atoms with E-state index in [2.05, 4.69) is 43.6 Å². The molecule has 1 fully saturated rings. The van der Waals surface area contributed by atoms with E-state index in [4.69, 9.17) is 18.0 Å². The van der Waals surface area contributed by atoms with Gasteiger partial charge in [-0.1, -0.05) is 31.5 Å². The Morgan fingerprint density at radius 1 is 1.29 bits per heavy atom. The fourth-order valence-corrected chi connectivity index (χ4v) is 5.30. The number of alkyl halides is 2. The first kappa shape index (κ1) is 29.3. The maximum Gasteiger partial charge on any atom is 0.262 e. The number of aromatic nitrogens is 2. The van der Waals surface area contributed by atoms with Crippen molar-refractivity contribution in [2.24, 2.45) is 5.41 Å². The Hall–Kier alpha value is -4.19. The van der Waals surface area contributed by atoms with E-state index in [1.165, 1.54) is 17.3 Å². The number of rotatable bonds is 10. The quantitative estimate of drug-likeness (QED) is 0.163. The van der Waals surface area contributed by atoms with Crippen LogP contribution in [0.25, 0.3) is 10.9 Å². The molecule has 42 heavy (non-hydrogen) atoms. The minimum Gasteiger partial charge on any atom is -0.383 e. The van der Waals surface area contributed by atoms with Crippen molar-refractivity contribution in [1.82, 2.24) is 25.9 Å². The van der Waals surface area contributed by atoms with Crippen LogP contribution in [-0.4, -0.2) is 33.5 Å². The molecule has 1 aliphatic carbocycles. The van der Waals surface area contributed by atoms with Crippen LogP contribution in [0.4, 0.5) is 24.5 Å². The van der Waals surface area contributed by atoms with Crippen LogP contribution in [0.2, 0.25) is 5.02 Å². The van der Waals surface area contributed by atoms with Gasteiger partial charge in [0.05, 0.1) is 33.5 Å². The number of pyridine rings is 2. The molecule has 3 aromatic rings. The van der Waals surface area contributed by atoms with Gasteiger partial charge >= 0.3 is 0 Å². The number of hydrazine groups is 2. The molecule has 8 nitrogen and oxygen atoms in total. The molecule has 12 heteroatoms. The van der Waals surface area contributed by atoms with Crippen molar-refractivity contribution in [1.29, 1.82) is 5.26 Å². The molecule has 1 atom stereocenters. The van der Waals surface area contributed by atoms with E-state index >= 15 is 0 Å². The smallest absolute Gasteiger partial charge is 0.262 e. The number of nitriles is 1. The number of hydrogen-bond donors (Lipinski definition) is 4. The summed E-state index contributed by atoms with van der Waals surface area (Å²) in [7, 11) is 0. The van der Waals surface area contributed by atoms with Crippen molar-refractivity contribution in [2.75, 3.05) is 17.2 Å². The number of nitrogens with one attached hydrogen (secondary N) is 4. The topological polar surface area (TPSA) is 101 Å². The van der Waals surface area contributed by atoms with Gasteiger partial charge in [0.25, 0.3) is 6.43 Å². The highest BCUT2D eigenvalue weighted by atomic mass is 35.5. The Bertz CT molecular complexity index is 1640. The lowest BCUT2D eigenvalue weighted by atomic mass is 9.89. The van der Waals surface area contributed by atoms with Gasteiger partial charge in [-0.3, -0.25) is 9.99 Å². The summed E-state index contributed by atoms with van der Waals surface area (Å²) in [5, 5.41) is 19.0. The number of terminal acetylenes is 1. The van der Waals surface area contributed by atoms with Crippen LogP contribution in [0, 0.1) is 42.0 Å². The summed E-state index contributed by atoms with van der Waals surface area (Å²) in [5.74, 6) is 2.05. The Morgan fingerprint density at radius 3 is 2.69 bits per heavy atom. The number of hydrogen-bond acceptors (Lipinski definition) is 8. The van der Waals surface area contributed by atoms with Gasteiger partial charge in [0.1, 0.15) is 11.6 Å². The van der Waals surface area contributed by atoms with Crippen molar-refractivity contribution in [3.05, 3.63) is 70.2 Å². The molecule has 0 spiro atoms. The maximum atomic E-state index is 13.9. The monoisotopic (exact) mass is 594 g/mol. The number of fused-ring (bicyclic) bond motifs is 1. The largest absolute Gasteiger partial charge is 0.383 e. The molecule has 1 saturated carbocycles. The minimum absolute atomic E-state index is 0.244. The van der Waals surface area contributed by atoms with Crippen LogP contribution in [-0.2, 0) is 0 Å². The van der Waals surface area contributed by atoms with Crippen molar-refractivity contribution < 1.29 is 13.2 Å². The minimum atomic E-state index is -2.54. The molecule has 1 aliphatic heterocycles. The summed E-state index contributed by atoms with van der Waals surface area (Å²) in [6, 6.07) is 7.88. The van der Waals surface area contributed by atoms with Gasteiger partial charge < -0.3 is 16.1 Å². The molecule has 5 rings (SSSR count). The molecule has 4 N–H and O–H groups in total. The molecule has 0 amide bonds. The van der Waals surface area contributed by atoms with Crippen molar-refractivity contribution in [2.45, 2.75) is 58.0 Å². The lowest BCUT2D eigenvalue weighted by molar-refractivity contribution is 0.00911. The maximum absolute atomic E-state index is 13.9. The number of halogens is 4. The molecule has 0 saturated heterocycles. The summed E-state index contributed by atoms with van der Waals surface area (Å²) in [4.78, 5) is 8.39. The zero-order valence-corrected chi connectivity index (χ0v) is 24.1. The predicted octanol–water partition coefficient (Wildman–Crippen LogP) is 6.18. The predicted molar refractivity (Wildman–Crippen MR) is 157 cm³/mol. The summed E-state index contributed by atoms with van der Waals surface area (Å²) >= 11 is 6.70. The van der Waals surface area contributed by atoms with Crippen molar-refractivity contribution in [3.63, 3.8) is 0 Å². The van der Waals surface area contributed by atoms with Gasteiger partial charge in [-0.15, -0.1) is 17.9 Å². The molecule has 0 bridgehead atoms. The van der Waals surface area contributed by atoms with E-state index in [1.807, 2.05) is 19.9 Å². The summed E-state index contributed by atoms with van der Waals surface area (Å²) in [6.45, 7) is 6.22. The van der Waals surface area contributed by atoms with Crippen molar-refractivity contribution >= 4 is 33.9 Å². The molecule has 2 aliphatic rings. The second-order valence-electron chi connectivity index (χ2n) is 11.4. The van der Waals surface area contributed by atoms with Gasteiger partial charge in [-0.2, -0.15) is 9.65 Å². The fraction of sp³-hybridized carbons (Fsp3) is 0.367. The highest BCUT2D eigenvalue weighted by Crippen LogP contribution is 2.47. The summed E-state index contributed by atoms with van der Waals surface area (Å²) in [6.07, 6.45) is 7.29.